The summed E-state index contributed by atoms with van der Waals surface area (Å²) < 4.78 is 11.4. The highest BCUT2D eigenvalue weighted by Crippen LogP contribution is 2.24. The molecule has 2 heterocycles. The van der Waals surface area contributed by atoms with E-state index in [9.17, 15) is 5.11 Å². The second-order valence-corrected chi connectivity index (χ2v) is 8.69. The number of ether oxygens (including phenoxy) is 2. The normalized spacial score (nSPS) is 17.5. The Bertz CT molecular complexity index is 770. The van der Waals surface area contributed by atoms with E-state index in [0.717, 1.165) is 43.0 Å². The van der Waals surface area contributed by atoms with Crippen molar-refractivity contribution in [2.75, 3.05) is 26.3 Å². The molecule has 0 amide bonds. The second kappa shape index (κ2) is 11.5. The highest BCUT2D eigenvalue weighted by Gasteiger charge is 2.24. The number of rotatable bonds is 9. The molecule has 0 aliphatic carbocycles. The maximum absolute atomic E-state index is 10.7. The predicted molar refractivity (Wildman–Crippen MR) is 122 cm³/mol. The van der Waals surface area contributed by atoms with Gasteiger partial charge < -0.3 is 25.2 Å². The van der Waals surface area contributed by atoms with Crippen molar-refractivity contribution in [3.05, 3.63) is 57.8 Å². The molecule has 164 valence electrons. The number of aliphatic hydroxyl groups is 1. The van der Waals surface area contributed by atoms with Gasteiger partial charge in [0.05, 0.1) is 25.8 Å². The molecule has 3 rings (SSSR count). The van der Waals surface area contributed by atoms with E-state index in [1.165, 1.54) is 5.56 Å². The van der Waals surface area contributed by atoms with E-state index in [1.807, 2.05) is 31.4 Å². The molecule has 1 fully saturated rings. The average molecular weight is 432 g/mol. The SMILES string of the molecule is CCNC(=NCc1ccc(COC2CCOCC2)cc1)NCC(C)(O)c1cccs1. The molecular formula is C23H33N3O3S. The van der Waals surface area contributed by atoms with Gasteiger partial charge >= 0.3 is 0 Å². The van der Waals surface area contributed by atoms with Crippen molar-refractivity contribution in [1.82, 2.24) is 10.6 Å². The third-order valence-corrected chi connectivity index (χ3v) is 6.22. The van der Waals surface area contributed by atoms with E-state index >= 15 is 0 Å². The smallest absolute Gasteiger partial charge is 0.191 e. The lowest BCUT2D eigenvalue weighted by molar-refractivity contribution is -0.0390. The van der Waals surface area contributed by atoms with Crippen LogP contribution >= 0.6 is 11.3 Å². The first-order chi connectivity index (χ1) is 14.6. The quantitative estimate of drug-likeness (QED) is 0.419. The van der Waals surface area contributed by atoms with Crippen LogP contribution in [-0.4, -0.2) is 43.5 Å². The van der Waals surface area contributed by atoms with Crippen LogP contribution in [0.5, 0.6) is 0 Å². The number of aliphatic imine (C=N–C) groups is 1. The van der Waals surface area contributed by atoms with Crippen LogP contribution in [0.25, 0.3) is 0 Å². The Balaban J connectivity index is 1.50. The number of guanidine groups is 1. The van der Waals surface area contributed by atoms with Gasteiger partial charge in [0.1, 0.15) is 5.60 Å². The summed E-state index contributed by atoms with van der Waals surface area (Å²) in [6.07, 6.45) is 2.27. The fourth-order valence-corrected chi connectivity index (χ4v) is 4.02. The zero-order chi connectivity index (χ0) is 21.2. The number of nitrogens with one attached hydrogen (secondary N) is 2. The molecule has 30 heavy (non-hydrogen) atoms. The minimum atomic E-state index is -0.934. The van der Waals surface area contributed by atoms with Gasteiger partial charge in [-0.2, -0.15) is 0 Å². The predicted octanol–water partition coefficient (Wildman–Crippen LogP) is 3.41. The minimum Gasteiger partial charge on any atom is -0.383 e. The third-order valence-electron chi connectivity index (χ3n) is 5.09. The molecule has 0 spiro atoms. The van der Waals surface area contributed by atoms with Crippen LogP contribution in [0, 0.1) is 0 Å². The summed E-state index contributed by atoms with van der Waals surface area (Å²) in [5.41, 5.74) is 1.37. The van der Waals surface area contributed by atoms with Crippen LogP contribution in [0.4, 0.5) is 0 Å². The summed E-state index contributed by atoms with van der Waals surface area (Å²) >= 11 is 1.55. The molecule has 0 radical (unpaired) electrons. The van der Waals surface area contributed by atoms with Crippen molar-refractivity contribution < 1.29 is 14.6 Å². The highest BCUT2D eigenvalue weighted by atomic mass is 32.1. The molecule has 3 N–H and O–H groups in total. The molecule has 1 aromatic carbocycles. The summed E-state index contributed by atoms with van der Waals surface area (Å²) in [6.45, 7) is 7.79. The summed E-state index contributed by atoms with van der Waals surface area (Å²) in [4.78, 5) is 5.59. The van der Waals surface area contributed by atoms with Gasteiger partial charge in [0, 0.05) is 24.6 Å². The fraction of sp³-hybridized carbons (Fsp3) is 0.522. The minimum absolute atomic E-state index is 0.308. The van der Waals surface area contributed by atoms with Crippen LogP contribution in [0.2, 0.25) is 0 Å². The summed E-state index contributed by atoms with van der Waals surface area (Å²) in [5, 5.41) is 19.2. The van der Waals surface area contributed by atoms with Crippen LogP contribution in [0.15, 0.2) is 46.8 Å². The summed E-state index contributed by atoms with van der Waals surface area (Å²) in [5.74, 6) is 0.696. The first-order valence-corrected chi connectivity index (χ1v) is 11.5. The Morgan fingerprint density at radius 1 is 1.20 bits per heavy atom. The van der Waals surface area contributed by atoms with E-state index in [0.29, 0.717) is 31.8 Å². The molecule has 1 unspecified atom stereocenters. The topological polar surface area (TPSA) is 75.1 Å². The van der Waals surface area contributed by atoms with E-state index in [4.69, 9.17) is 9.47 Å². The van der Waals surface area contributed by atoms with Crippen molar-refractivity contribution in [2.24, 2.45) is 4.99 Å². The van der Waals surface area contributed by atoms with Gasteiger partial charge in [0.15, 0.2) is 5.96 Å². The Morgan fingerprint density at radius 3 is 2.60 bits per heavy atom. The molecule has 1 aliphatic rings. The number of benzene rings is 1. The molecule has 0 saturated carbocycles. The van der Waals surface area contributed by atoms with E-state index in [2.05, 4.69) is 39.9 Å². The van der Waals surface area contributed by atoms with Crippen LogP contribution in [0.3, 0.4) is 0 Å². The van der Waals surface area contributed by atoms with Crippen molar-refractivity contribution in [3.63, 3.8) is 0 Å². The lowest BCUT2D eigenvalue weighted by Gasteiger charge is -2.23. The molecule has 7 heteroatoms. The highest BCUT2D eigenvalue weighted by molar-refractivity contribution is 7.10. The summed E-state index contributed by atoms with van der Waals surface area (Å²) in [7, 11) is 0. The molecular weight excluding hydrogens is 398 g/mol. The summed E-state index contributed by atoms with van der Waals surface area (Å²) in [6, 6.07) is 12.3. The molecule has 2 aromatic rings. The lowest BCUT2D eigenvalue weighted by atomic mass is 10.1. The maximum atomic E-state index is 10.7. The number of thiophene rings is 1. The van der Waals surface area contributed by atoms with Gasteiger partial charge in [-0.3, -0.25) is 0 Å². The van der Waals surface area contributed by atoms with Gasteiger partial charge in [-0.05, 0) is 49.3 Å². The van der Waals surface area contributed by atoms with Crippen molar-refractivity contribution in [3.8, 4) is 0 Å². The fourth-order valence-electron chi connectivity index (χ4n) is 3.24. The first-order valence-electron chi connectivity index (χ1n) is 10.6. The molecule has 0 bridgehead atoms. The molecule has 1 saturated heterocycles. The number of hydrogen-bond donors (Lipinski definition) is 3. The lowest BCUT2D eigenvalue weighted by Crippen LogP contribution is -2.44. The average Bonchev–Trinajstić information content (AvgIpc) is 3.32. The molecule has 1 aromatic heterocycles. The number of hydrogen-bond acceptors (Lipinski definition) is 5. The molecule has 1 aliphatic heterocycles. The first kappa shape index (κ1) is 22.7. The van der Waals surface area contributed by atoms with Gasteiger partial charge in [-0.1, -0.05) is 30.3 Å². The van der Waals surface area contributed by atoms with E-state index in [-0.39, 0.29) is 0 Å². The van der Waals surface area contributed by atoms with Crippen LogP contribution in [0.1, 0.15) is 42.7 Å². The third kappa shape index (κ3) is 7.09. The zero-order valence-electron chi connectivity index (χ0n) is 17.9. The van der Waals surface area contributed by atoms with Crippen molar-refractivity contribution in [1.29, 1.82) is 0 Å². The van der Waals surface area contributed by atoms with Crippen molar-refractivity contribution >= 4 is 17.3 Å². The maximum Gasteiger partial charge on any atom is 0.191 e. The van der Waals surface area contributed by atoms with E-state index < -0.39 is 5.60 Å². The zero-order valence-corrected chi connectivity index (χ0v) is 18.7. The van der Waals surface area contributed by atoms with Gasteiger partial charge in [-0.15, -0.1) is 11.3 Å². The monoisotopic (exact) mass is 431 g/mol. The van der Waals surface area contributed by atoms with Crippen LogP contribution in [-0.2, 0) is 28.2 Å². The van der Waals surface area contributed by atoms with Crippen molar-refractivity contribution in [2.45, 2.75) is 51.5 Å². The van der Waals surface area contributed by atoms with Gasteiger partial charge in [0.25, 0.3) is 0 Å². The number of nitrogens with zero attached hydrogens (tertiary/aromatic N) is 1. The molecule has 6 nitrogen and oxygen atoms in total. The van der Waals surface area contributed by atoms with Crippen LogP contribution < -0.4 is 10.6 Å². The largest absolute Gasteiger partial charge is 0.383 e. The van der Waals surface area contributed by atoms with E-state index in [1.54, 1.807) is 11.3 Å². The Labute approximate surface area is 183 Å². The Kier molecular flexibility index (Phi) is 8.69. The standard InChI is InChI=1S/C23H33N3O3S/c1-3-24-22(26-17-23(2,27)21-5-4-14-30-21)25-15-18-6-8-19(9-7-18)16-29-20-10-12-28-13-11-20/h4-9,14,20,27H,3,10-13,15-17H2,1-2H3,(H2,24,25,26). The van der Waals surface area contributed by atoms with Gasteiger partial charge in [-0.25, -0.2) is 4.99 Å². The Morgan fingerprint density at radius 2 is 1.93 bits per heavy atom. The molecule has 1 atom stereocenters. The Hall–Kier alpha value is -1.93. The van der Waals surface area contributed by atoms with Gasteiger partial charge in [0.2, 0.25) is 0 Å². The second-order valence-electron chi connectivity index (χ2n) is 7.74.